The summed E-state index contributed by atoms with van der Waals surface area (Å²) in [4.78, 5) is 12.0. The molecule has 0 bridgehead atoms. The first-order valence-electron chi connectivity index (χ1n) is 6.16. The van der Waals surface area contributed by atoms with E-state index >= 15 is 0 Å². The Bertz CT molecular complexity index is 593. The number of carbonyl (C=O) groups excluding carboxylic acids is 1. The van der Waals surface area contributed by atoms with E-state index in [-0.39, 0.29) is 17.2 Å². The molecule has 9 heteroatoms. The zero-order chi connectivity index (χ0) is 14.7. The molecule has 0 radical (unpaired) electrons. The summed E-state index contributed by atoms with van der Waals surface area (Å²) in [6.07, 6.45) is 0. The van der Waals surface area contributed by atoms with Gasteiger partial charge in [0.25, 0.3) is 0 Å². The number of hydrogen-bond donors (Lipinski definition) is 1. The van der Waals surface area contributed by atoms with Crippen molar-refractivity contribution < 1.29 is 9.32 Å². The van der Waals surface area contributed by atoms with Gasteiger partial charge in [-0.1, -0.05) is 16.9 Å². The van der Waals surface area contributed by atoms with Crippen molar-refractivity contribution in [2.24, 2.45) is 0 Å². The SMILES string of the molecule is Cc1cc(NC(=O)[C@@H](C)Sc2nnnn2C(C)C)no1. The molecule has 0 fully saturated rings. The topological polar surface area (TPSA) is 98.7 Å². The highest BCUT2D eigenvalue weighted by Crippen LogP contribution is 2.23. The Morgan fingerprint density at radius 1 is 1.45 bits per heavy atom. The summed E-state index contributed by atoms with van der Waals surface area (Å²) in [5.74, 6) is 0.870. The molecule has 0 unspecified atom stereocenters. The van der Waals surface area contributed by atoms with E-state index in [1.54, 1.807) is 24.6 Å². The van der Waals surface area contributed by atoms with E-state index < -0.39 is 0 Å². The Balaban J connectivity index is 1.98. The molecule has 0 aliphatic carbocycles. The number of hydrogen-bond acceptors (Lipinski definition) is 7. The standard InChI is InChI=1S/C11H16N6O2S/c1-6(2)17-11(13-15-16-17)20-8(4)10(18)12-9-5-7(3)19-14-9/h5-6,8H,1-4H3,(H,12,14,18)/t8-/m1/s1. The Hall–Kier alpha value is -1.90. The van der Waals surface area contributed by atoms with Crippen LogP contribution in [0.3, 0.4) is 0 Å². The van der Waals surface area contributed by atoms with Crippen molar-refractivity contribution in [3.63, 3.8) is 0 Å². The fourth-order valence-electron chi connectivity index (χ4n) is 1.45. The fourth-order valence-corrected chi connectivity index (χ4v) is 2.37. The average Bonchev–Trinajstić information content (AvgIpc) is 2.98. The molecular formula is C11H16N6O2S. The highest BCUT2D eigenvalue weighted by atomic mass is 32.2. The van der Waals surface area contributed by atoms with Crippen LogP contribution in [0.5, 0.6) is 0 Å². The van der Waals surface area contributed by atoms with Crippen molar-refractivity contribution >= 4 is 23.5 Å². The zero-order valence-corrected chi connectivity index (χ0v) is 12.5. The van der Waals surface area contributed by atoms with Gasteiger partial charge in [0, 0.05) is 6.07 Å². The second-order valence-electron chi connectivity index (χ2n) is 4.57. The van der Waals surface area contributed by atoms with Gasteiger partial charge in [0.15, 0.2) is 5.82 Å². The lowest BCUT2D eigenvalue weighted by Gasteiger charge is -2.11. The van der Waals surface area contributed by atoms with Crippen LogP contribution in [0.25, 0.3) is 0 Å². The number of nitrogens with zero attached hydrogens (tertiary/aromatic N) is 5. The molecule has 0 aliphatic heterocycles. The minimum atomic E-state index is -0.351. The number of amides is 1. The molecular weight excluding hydrogens is 280 g/mol. The lowest BCUT2D eigenvalue weighted by molar-refractivity contribution is -0.115. The molecule has 2 rings (SSSR count). The van der Waals surface area contributed by atoms with Crippen LogP contribution in [0.2, 0.25) is 0 Å². The van der Waals surface area contributed by atoms with E-state index in [4.69, 9.17) is 4.52 Å². The van der Waals surface area contributed by atoms with Crippen molar-refractivity contribution in [3.8, 4) is 0 Å². The highest BCUT2D eigenvalue weighted by molar-refractivity contribution is 8.00. The Labute approximate surface area is 120 Å². The maximum atomic E-state index is 12.0. The van der Waals surface area contributed by atoms with E-state index in [9.17, 15) is 4.79 Å². The van der Waals surface area contributed by atoms with Crippen LogP contribution in [0.4, 0.5) is 5.82 Å². The molecule has 1 atom stereocenters. The summed E-state index contributed by atoms with van der Waals surface area (Å²) in [6.45, 7) is 7.50. The summed E-state index contributed by atoms with van der Waals surface area (Å²) in [5.41, 5.74) is 0. The van der Waals surface area contributed by atoms with Crippen LogP contribution in [-0.2, 0) is 4.79 Å². The number of anilines is 1. The van der Waals surface area contributed by atoms with Crippen LogP contribution in [0.1, 0.15) is 32.6 Å². The van der Waals surface area contributed by atoms with Gasteiger partial charge in [-0.25, -0.2) is 4.68 Å². The van der Waals surface area contributed by atoms with E-state index in [1.807, 2.05) is 13.8 Å². The van der Waals surface area contributed by atoms with Gasteiger partial charge >= 0.3 is 0 Å². The van der Waals surface area contributed by atoms with Crippen molar-refractivity contribution in [3.05, 3.63) is 11.8 Å². The number of tetrazole rings is 1. The average molecular weight is 296 g/mol. The Morgan fingerprint density at radius 2 is 2.20 bits per heavy atom. The van der Waals surface area contributed by atoms with Gasteiger partial charge in [-0.15, -0.1) is 5.10 Å². The number of thioether (sulfide) groups is 1. The van der Waals surface area contributed by atoms with Gasteiger partial charge in [-0.05, 0) is 38.1 Å². The number of rotatable bonds is 5. The number of nitrogens with one attached hydrogen (secondary N) is 1. The van der Waals surface area contributed by atoms with E-state index in [0.29, 0.717) is 16.7 Å². The number of aryl methyl sites for hydroxylation is 1. The monoisotopic (exact) mass is 296 g/mol. The lowest BCUT2D eigenvalue weighted by Crippen LogP contribution is -2.23. The van der Waals surface area contributed by atoms with Crippen LogP contribution in [0, 0.1) is 6.92 Å². The summed E-state index contributed by atoms with van der Waals surface area (Å²) < 4.78 is 6.57. The van der Waals surface area contributed by atoms with Gasteiger partial charge in [0.2, 0.25) is 11.1 Å². The summed E-state index contributed by atoms with van der Waals surface area (Å²) in [6, 6.07) is 1.80. The molecule has 1 amide bonds. The molecule has 2 heterocycles. The first kappa shape index (κ1) is 14.5. The number of carbonyl (C=O) groups is 1. The van der Waals surface area contributed by atoms with Gasteiger partial charge in [-0.2, -0.15) is 0 Å². The third-order valence-corrected chi connectivity index (χ3v) is 3.53. The molecule has 108 valence electrons. The van der Waals surface area contributed by atoms with Crippen molar-refractivity contribution in [1.82, 2.24) is 25.4 Å². The molecule has 0 spiro atoms. The lowest BCUT2D eigenvalue weighted by atomic mass is 10.4. The normalized spacial score (nSPS) is 12.7. The molecule has 0 aliphatic rings. The predicted molar refractivity (Wildman–Crippen MR) is 73.4 cm³/mol. The van der Waals surface area contributed by atoms with E-state index in [2.05, 4.69) is 26.0 Å². The van der Waals surface area contributed by atoms with E-state index in [0.717, 1.165) is 0 Å². The third kappa shape index (κ3) is 3.35. The van der Waals surface area contributed by atoms with Gasteiger partial charge in [0.1, 0.15) is 5.76 Å². The smallest absolute Gasteiger partial charge is 0.238 e. The van der Waals surface area contributed by atoms with Crippen LogP contribution < -0.4 is 5.32 Å². The van der Waals surface area contributed by atoms with Crippen LogP contribution in [-0.4, -0.2) is 36.5 Å². The molecule has 20 heavy (non-hydrogen) atoms. The molecule has 2 aromatic rings. The van der Waals surface area contributed by atoms with Gasteiger partial charge < -0.3 is 9.84 Å². The third-order valence-electron chi connectivity index (χ3n) is 2.48. The zero-order valence-electron chi connectivity index (χ0n) is 11.7. The quantitative estimate of drug-likeness (QED) is 0.838. The number of aromatic nitrogens is 5. The van der Waals surface area contributed by atoms with Crippen molar-refractivity contribution in [1.29, 1.82) is 0 Å². The maximum Gasteiger partial charge on any atom is 0.238 e. The predicted octanol–water partition coefficient (Wildman–Crippen LogP) is 1.67. The minimum Gasteiger partial charge on any atom is -0.360 e. The highest BCUT2D eigenvalue weighted by Gasteiger charge is 2.20. The molecule has 1 N–H and O–H groups in total. The molecule has 0 saturated heterocycles. The summed E-state index contributed by atoms with van der Waals surface area (Å²) >= 11 is 1.30. The summed E-state index contributed by atoms with van der Waals surface area (Å²) in [7, 11) is 0. The second kappa shape index (κ2) is 6.04. The van der Waals surface area contributed by atoms with Crippen molar-refractivity contribution in [2.75, 3.05) is 5.32 Å². The van der Waals surface area contributed by atoms with Crippen LogP contribution >= 0.6 is 11.8 Å². The molecule has 2 aromatic heterocycles. The first-order chi connectivity index (χ1) is 9.47. The fraction of sp³-hybridized carbons (Fsp3) is 0.545. The minimum absolute atomic E-state index is 0.140. The van der Waals surface area contributed by atoms with Crippen LogP contribution in [0.15, 0.2) is 15.7 Å². The van der Waals surface area contributed by atoms with Gasteiger partial charge in [0.05, 0.1) is 11.3 Å². The Morgan fingerprint density at radius 3 is 2.80 bits per heavy atom. The Kier molecular flexibility index (Phi) is 4.38. The van der Waals surface area contributed by atoms with Gasteiger partial charge in [-0.3, -0.25) is 4.79 Å². The largest absolute Gasteiger partial charge is 0.360 e. The summed E-state index contributed by atoms with van der Waals surface area (Å²) in [5, 5.41) is 18.1. The van der Waals surface area contributed by atoms with Crippen molar-refractivity contribution in [2.45, 2.75) is 44.1 Å². The van der Waals surface area contributed by atoms with E-state index in [1.165, 1.54) is 11.8 Å². The molecule has 0 aromatic carbocycles. The molecule has 8 nitrogen and oxygen atoms in total. The first-order valence-corrected chi connectivity index (χ1v) is 7.04. The molecule has 0 saturated carbocycles. The second-order valence-corrected chi connectivity index (χ2v) is 5.88. The maximum absolute atomic E-state index is 12.0.